The normalized spacial score (nSPS) is 11.5. The molecule has 0 bridgehead atoms. The molecule has 13 nitrogen and oxygen atoms in total. The van der Waals surface area contributed by atoms with Gasteiger partial charge in [0.05, 0.1) is 152 Å². The summed E-state index contributed by atoms with van der Waals surface area (Å²) >= 11 is 0. The second-order valence-electron chi connectivity index (χ2n) is 13.4. The Kier molecular flexibility index (Phi) is 44.4. The fourth-order valence-electron chi connectivity index (χ4n) is 5.23. The van der Waals surface area contributed by atoms with E-state index in [9.17, 15) is 0 Å². The van der Waals surface area contributed by atoms with E-state index in [0.717, 1.165) is 25.2 Å². The topological polar surface area (TPSA) is 120 Å². The summed E-state index contributed by atoms with van der Waals surface area (Å²) in [5.41, 5.74) is 1.38. The molecule has 1 rings (SSSR count). The maximum Gasteiger partial charge on any atom is 0.119 e. The van der Waals surface area contributed by atoms with Gasteiger partial charge in [-0.05, 0) is 37.0 Å². The highest BCUT2D eigenvalue weighted by Gasteiger charge is 2.00. The van der Waals surface area contributed by atoms with Gasteiger partial charge in [0.15, 0.2) is 0 Å². The maximum atomic E-state index is 5.78. The summed E-state index contributed by atoms with van der Waals surface area (Å²) in [6.45, 7) is 18.1. The predicted molar refractivity (Wildman–Crippen MR) is 223 cm³/mol. The van der Waals surface area contributed by atoms with Crippen LogP contribution in [0.1, 0.15) is 83.6 Å². The van der Waals surface area contributed by atoms with Crippen molar-refractivity contribution in [3.63, 3.8) is 0 Å². The Hall–Kier alpha value is -1.46. The first-order valence-corrected chi connectivity index (χ1v) is 22.0. The molecule has 0 saturated heterocycles. The molecule has 0 aliphatic carbocycles. The van der Waals surface area contributed by atoms with E-state index in [0.29, 0.717) is 159 Å². The monoisotopic (exact) mass is 819 g/mol. The second-order valence-corrected chi connectivity index (χ2v) is 13.4. The lowest BCUT2D eigenvalue weighted by Crippen LogP contribution is -2.15. The molecule has 0 aliphatic rings. The van der Waals surface area contributed by atoms with Crippen LogP contribution in [0.15, 0.2) is 24.3 Å². The molecule has 0 unspecified atom stereocenters. The third kappa shape index (κ3) is 42.5. The summed E-state index contributed by atoms with van der Waals surface area (Å²) in [7, 11) is 0. The lowest BCUT2D eigenvalue weighted by Gasteiger charge is -2.09. The summed E-state index contributed by atoms with van der Waals surface area (Å²) in [4.78, 5) is 0. The van der Waals surface area contributed by atoms with E-state index in [1.165, 1.54) is 63.4 Å². The molecule has 13 heteroatoms. The summed E-state index contributed by atoms with van der Waals surface area (Å²) in [5, 5.41) is 0. The van der Waals surface area contributed by atoms with Crippen LogP contribution in [0.2, 0.25) is 0 Å². The van der Waals surface area contributed by atoms with Gasteiger partial charge in [0, 0.05) is 6.61 Å². The third-order valence-electron chi connectivity index (χ3n) is 8.47. The van der Waals surface area contributed by atoms with E-state index in [2.05, 4.69) is 38.1 Å². The fourth-order valence-corrected chi connectivity index (χ4v) is 5.23. The molecule has 0 spiro atoms. The molecular formula is C44H82O13. The molecule has 0 aliphatic heterocycles. The molecule has 0 amide bonds. The highest BCUT2D eigenvalue weighted by molar-refractivity contribution is 5.27. The average Bonchev–Trinajstić information content (AvgIpc) is 3.23. The van der Waals surface area contributed by atoms with Crippen molar-refractivity contribution in [2.75, 3.05) is 165 Å². The van der Waals surface area contributed by atoms with E-state index in [-0.39, 0.29) is 0 Å². The number of rotatable bonds is 49. The largest absolute Gasteiger partial charge is 0.491 e. The van der Waals surface area contributed by atoms with Crippen LogP contribution in [0, 0.1) is 0 Å². The van der Waals surface area contributed by atoms with E-state index < -0.39 is 0 Å². The van der Waals surface area contributed by atoms with Crippen LogP contribution in [-0.2, 0) is 63.3 Å². The number of unbranched alkanes of at least 4 members (excludes halogenated alkanes) is 8. The van der Waals surface area contributed by atoms with Gasteiger partial charge >= 0.3 is 0 Å². The molecule has 0 N–H and O–H groups in total. The van der Waals surface area contributed by atoms with Crippen molar-refractivity contribution in [3.8, 4) is 5.75 Å². The Morgan fingerprint density at radius 3 is 0.860 bits per heavy atom. The first kappa shape index (κ1) is 53.6. The molecule has 0 saturated carbocycles. The van der Waals surface area contributed by atoms with Crippen molar-refractivity contribution in [1.29, 1.82) is 0 Å². The lowest BCUT2D eigenvalue weighted by molar-refractivity contribution is -0.0285. The molecule has 0 aromatic heterocycles. The molecule has 0 heterocycles. The Balaban J connectivity index is 1.65. The van der Waals surface area contributed by atoms with Crippen molar-refractivity contribution < 1.29 is 61.6 Å². The van der Waals surface area contributed by atoms with Gasteiger partial charge < -0.3 is 61.6 Å². The smallest absolute Gasteiger partial charge is 0.119 e. The zero-order valence-corrected chi connectivity index (χ0v) is 36.1. The van der Waals surface area contributed by atoms with E-state index in [4.69, 9.17) is 61.6 Å². The van der Waals surface area contributed by atoms with Gasteiger partial charge in [-0.2, -0.15) is 0 Å². The maximum absolute atomic E-state index is 5.78. The average molecular weight is 819 g/mol. The Labute approximate surface area is 346 Å². The van der Waals surface area contributed by atoms with Crippen molar-refractivity contribution in [3.05, 3.63) is 29.8 Å². The van der Waals surface area contributed by atoms with Crippen LogP contribution < -0.4 is 4.74 Å². The van der Waals surface area contributed by atoms with Gasteiger partial charge in [-0.25, -0.2) is 0 Å². The van der Waals surface area contributed by atoms with Gasteiger partial charge in [-0.3, -0.25) is 0 Å². The molecule has 57 heavy (non-hydrogen) atoms. The van der Waals surface area contributed by atoms with Crippen LogP contribution in [0.4, 0.5) is 0 Å². The molecule has 1 aromatic rings. The highest BCUT2D eigenvalue weighted by Crippen LogP contribution is 2.15. The molecule has 0 radical (unpaired) electrons. The van der Waals surface area contributed by atoms with Crippen molar-refractivity contribution in [2.24, 2.45) is 0 Å². The first-order valence-electron chi connectivity index (χ1n) is 22.0. The highest BCUT2D eigenvalue weighted by atomic mass is 16.6. The number of hydrogen-bond donors (Lipinski definition) is 0. The van der Waals surface area contributed by atoms with Gasteiger partial charge in [0.1, 0.15) is 12.4 Å². The quantitative estimate of drug-likeness (QED) is 0.0646. The minimum Gasteiger partial charge on any atom is -0.491 e. The van der Waals surface area contributed by atoms with Crippen LogP contribution >= 0.6 is 0 Å². The van der Waals surface area contributed by atoms with Crippen molar-refractivity contribution >= 4 is 0 Å². The van der Waals surface area contributed by atoms with Gasteiger partial charge in [-0.1, -0.05) is 77.3 Å². The Morgan fingerprint density at radius 1 is 0.263 bits per heavy atom. The molecule has 1 aromatic carbocycles. The summed E-state index contributed by atoms with van der Waals surface area (Å²) < 4.78 is 72.1. The van der Waals surface area contributed by atoms with Crippen molar-refractivity contribution in [1.82, 2.24) is 0 Å². The summed E-state index contributed by atoms with van der Waals surface area (Å²) in [6.07, 6.45) is 14.0. The van der Waals surface area contributed by atoms with Crippen LogP contribution in [0.3, 0.4) is 0 Å². The Bertz CT molecular complexity index is 880. The van der Waals surface area contributed by atoms with Crippen LogP contribution in [-0.4, -0.2) is 165 Å². The third-order valence-corrected chi connectivity index (χ3v) is 8.47. The van der Waals surface area contributed by atoms with Crippen molar-refractivity contribution in [2.45, 2.75) is 84.5 Å². The minimum absolute atomic E-state index is 0.512. The second kappa shape index (κ2) is 47.2. The Morgan fingerprint density at radius 2 is 0.526 bits per heavy atom. The molecule has 0 fully saturated rings. The van der Waals surface area contributed by atoms with E-state index >= 15 is 0 Å². The lowest BCUT2D eigenvalue weighted by atomic mass is 10.0. The summed E-state index contributed by atoms with van der Waals surface area (Å²) in [6, 6.07) is 8.44. The standard InChI is InChI=1S/C44H82O13/c1-3-5-7-9-10-11-13-43-14-16-44(17-15-43)57-42-41-56-40-39-55-38-37-54-36-35-53-34-33-52-32-31-51-30-29-50-28-27-49-26-25-48-24-23-47-22-21-46-20-19-45-18-12-8-6-4-2/h14-17H,3-13,18-42H2,1-2H3. The van der Waals surface area contributed by atoms with Gasteiger partial charge in [0.2, 0.25) is 0 Å². The summed E-state index contributed by atoms with van der Waals surface area (Å²) in [5.74, 6) is 0.886. The molecular weight excluding hydrogens is 736 g/mol. The molecule has 336 valence electrons. The zero-order valence-electron chi connectivity index (χ0n) is 36.1. The van der Waals surface area contributed by atoms with Crippen LogP contribution in [0.5, 0.6) is 5.75 Å². The zero-order chi connectivity index (χ0) is 40.6. The number of hydrogen-bond acceptors (Lipinski definition) is 13. The number of ether oxygens (including phenoxy) is 13. The van der Waals surface area contributed by atoms with Crippen LogP contribution in [0.25, 0.3) is 0 Å². The minimum atomic E-state index is 0.512. The number of aryl methyl sites for hydroxylation is 1. The number of benzene rings is 1. The SMILES string of the molecule is CCCCCCCCc1ccc(OCCOCCOCCOCCOCCOCCOCCOCCOCCOCCOCCOCCOCCCCCC)cc1. The fraction of sp³-hybridized carbons (Fsp3) is 0.864. The van der Waals surface area contributed by atoms with Gasteiger partial charge in [-0.15, -0.1) is 0 Å². The predicted octanol–water partition coefficient (Wildman–Crippen LogP) is 6.75. The van der Waals surface area contributed by atoms with E-state index in [1.54, 1.807) is 0 Å². The first-order chi connectivity index (χ1) is 28.4. The molecule has 0 atom stereocenters. The van der Waals surface area contributed by atoms with E-state index in [1.807, 2.05) is 0 Å². The van der Waals surface area contributed by atoms with Gasteiger partial charge in [0.25, 0.3) is 0 Å².